The zero-order valence-corrected chi connectivity index (χ0v) is 14.2. The number of para-hydroxylation sites is 2. The molecule has 2 aromatic rings. The molecule has 7 nitrogen and oxygen atoms in total. The topological polar surface area (TPSA) is 89.5 Å². The monoisotopic (exact) mass is 343 g/mol. The van der Waals surface area contributed by atoms with Crippen molar-refractivity contribution in [2.24, 2.45) is 0 Å². The Morgan fingerprint density at radius 1 is 1.12 bits per heavy atom. The Bertz CT molecular complexity index is 734. The van der Waals surface area contributed by atoms with Crippen LogP contribution in [0.1, 0.15) is 27.3 Å². The Morgan fingerprint density at radius 3 is 2.68 bits per heavy atom. The summed E-state index contributed by atoms with van der Waals surface area (Å²) < 4.78 is 10.1. The van der Waals surface area contributed by atoms with Crippen molar-refractivity contribution in [2.45, 2.75) is 6.42 Å². The quantitative estimate of drug-likeness (QED) is 0.717. The van der Waals surface area contributed by atoms with Gasteiger partial charge >= 0.3 is 0 Å². The second-order valence-electron chi connectivity index (χ2n) is 5.19. The number of rotatable bonds is 8. The van der Waals surface area contributed by atoms with Gasteiger partial charge in [0.15, 0.2) is 0 Å². The summed E-state index contributed by atoms with van der Waals surface area (Å²) in [6.45, 7) is 1.04. The summed E-state index contributed by atoms with van der Waals surface area (Å²) in [6, 6.07) is 10.1. The van der Waals surface area contributed by atoms with E-state index in [9.17, 15) is 9.59 Å². The molecule has 1 heterocycles. The van der Waals surface area contributed by atoms with Crippen molar-refractivity contribution in [1.82, 2.24) is 10.3 Å². The van der Waals surface area contributed by atoms with Gasteiger partial charge in [0.2, 0.25) is 0 Å². The van der Waals surface area contributed by atoms with E-state index in [1.165, 1.54) is 19.4 Å². The minimum atomic E-state index is -0.347. The zero-order chi connectivity index (χ0) is 18.1. The maximum atomic E-state index is 12.4. The maximum Gasteiger partial charge on any atom is 0.269 e. The van der Waals surface area contributed by atoms with Crippen molar-refractivity contribution in [3.8, 4) is 5.75 Å². The predicted molar refractivity (Wildman–Crippen MR) is 94.0 cm³/mol. The third kappa shape index (κ3) is 5.29. The molecule has 1 aromatic carbocycles. The summed E-state index contributed by atoms with van der Waals surface area (Å²) in [4.78, 5) is 28.5. The molecule has 2 N–H and O–H groups in total. The first kappa shape index (κ1) is 18.4. The number of anilines is 1. The number of methoxy groups -OCH3 is 2. The van der Waals surface area contributed by atoms with Gasteiger partial charge < -0.3 is 20.1 Å². The van der Waals surface area contributed by atoms with E-state index in [2.05, 4.69) is 15.6 Å². The highest BCUT2D eigenvalue weighted by atomic mass is 16.5. The van der Waals surface area contributed by atoms with Crippen LogP contribution in [0.3, 0.4) is 0 Å². The van der Waals surface area contributed by atoms with Gasteiger partial charge in [0.05, 0.1) is 12.8 Å². The average Bonchev–Trinajstić information content (AvgIpc) is 2.65. The molecule has 2 rings (SSSR count). The Balaban J connectivity index is 2.04. The van der Waals surface area contributed by atoms with Crippen molar-refractivity contribution in [2.75, 3.05) is 32.7 Å². The molecule has 1 aromatic heterocycles. The van der Waals surface area contributed by atoms with E-state index in [4.69, 9.17) is 9.47 Å². The summed E-state index contributed by atoms with van der Waals surface area (Å²) in [6.07, 6.45) is 2.14. The highest BCUT2D eigenvalue weighted by Gasteiger charge is 2.13. The summed E-state index contributed by atoms with van der Waals surface area (Å²) in [5.41, 5.74) is 1.07. The first-order chi connectivity index (χ1) is 12.2. The Morgan fingerprint density at radius 2 is 1.92 bits per heavy atom. The lowest BCUT2D eigenvalue weighted by Crippen LogP contribution is -2.26. The van der Waals surface area contributed by atoms with E-state index in [0.29, 0.717) is 36.6 Å². The molecule has 0 bridgehead atoms. The zero-order valence-electron chi connectivity index (χ0n) is 14.2. The number of amides is 2. The molecule has 0 saturated heterocycles. The van der Waals surface area contributed by atoms with Gasteiger partial charge in [-0.15, -0.1) is 0 Å². The number of hydrogen-bond acceptors (Lipinski definition) is 5. The summed E-state index contributed by atoms with van der Waals surface area (Å²) in [5.74, 6) is -0.121. The Kier molecular flexibility index (Phi) is 6.91. The molecule has 0 atom stereocenters. The number of benzene rings is 1. The molecular weight excluding hydrogens is 322 g/mol. The Labute approximate surface area is 146 Å². The minimum Gasteiger partial charge on any atom is -0.495 e. The number of ether oxygens (including phenoxy) is 2. The smallest absolute Gasteiger partial charge is 0.269 e. The third-order valence-corrected chi connectivity index (χ3v) is 3.42. The number of carbonyl (C=O) groups excluding carboxylic acids is 2. The first-order valence-corrected chi connectivity index (χ1v) is 7.83. The fourth-order valence-corrected chi connectivity index (χ4v) is 2.15. The number of pyridine rings is 1. The van der Waals surface area contributed by atoms with Gasteiger partial charge in [0, 0.05) is 32.0 Å². The lowest BCUT2D eigenvalue weighted by Gasteiger charge is -2.10. The van der Waals surface area contributed by atoms with E-state index in [-0.39, 0.29) is 17.5 Å². The summed E-state index contributed by atoms with van der Waals surface area (Å²) in [5, 5.41) is 5.50. The fourth-order valence-electron chi connectivity index (χ4n) is 2.15. The highest BCUT2D eigenvalue weighted by Crippen LogP contribution is 2.23. The number of aromatic nitrogens is 1. The van der Waals surface area contributed by atoms with Crippen molar-refractivity contribution in [1.29, 1.82) is 0 Å². The van der Waals surface area contributed by atoms with Crippen molar-refractivity contribution in [3.63, 3.8) is 0 Å². The largest absolute Gasteiger partial charge is 0.495 e. The second kappa shape index (κ2) is 9.39. The third-order valence-electron chi connectivity index (χ3n) is 3.42. The first-order valence-electron chi connectivity index (χ1n) is 7.83. The number of carbonyl (C=O) groups is 2. The van der Waals surface area contributed by atoms with Gasteiger partial charge in [-0.1, -0.05) is 12.1 Å². The molecule has 25 heavy (non-hydrogen) atoms. The van der Waals surface area contributed by atoms with Gasteiger partial charge in [0.25, 0.3) is 11.8 Å². The van der Waals surface area contributed by atoms with E-state index in [1.807, 2.05) is 6.07 Å². The number of nitrogens with zero attached hydrogens (tertiary/aromatic N) is 1. The van der Waals surface area contributed by atoms with Gasteiger partial charge in [-0.2, -0.15) is 0 Å². The van der Waals surface area contributed by atoms with Crippen LogP contribution in [0.2, 0.25) is 0 Å². The van der Waals surface area contributed by atoms with Crippen LogP contribution >= 0.6 is 0 Å². The van der Waals surface area contributed by atoms with E-state index in [1.54, 1.807) is 31.4 Å². The van der Waals surface area contributed by atoms with Gasteiger partial charge in [-0.3, -0.25) is 14.6 Å². The van der Waals surface area contributed by atoms with Crippen LogP contribution in [-0.2, 0) is 4.74 Å². The highest BCUT2D eigenvalue weighted by molar-refractivity contribution is 6.06. The molecule has 7 heteroatoms. The van der Waals surface area contributed by atoms with Crippen LogP contribution in [-0.4, -0.2) is 44.2 Å². The van der Waals surface area contributed by atoms with E-state index in [0.717, 1.165) is 0 Å². The summed E-state index contributed by atoms with van der Waals surface area (Å²) in [7, 11) is 3.14. The molecular formula is C18H21N3O4. The van der Waals surface area contributed by atoms with Gasteiger partial charge in [-0.25, -0.2) is 0 Å². The molecule has 0 unspecified atom stereocenters. The van der Waals surface area contributed by atoms with Crippen LogP contribution in [0, 0.1) is 0 Å². The van der Waals surface area contributed by atoms with Crippen LogP contribution in [0.4, 0.5) is 5.69 Å². The lowest BCUT2D eigenvalue weighted by molar-refractivity contribution is 0.0943. The standard InChI is InChI=1S/C18H21N3O4/c1-24-11-5-9-20-18(23)15-12-13(8-10-19-15)17(22)21-14-6-3-4-7-16(14)25-2/h3-4,6-8,10,12H,5,9,11H2,1-2H3,(H,20,23)(H,21,22). The molecule has 2 amide bonds. The molecule has 0 aliphatic heterocycles. The van der Waals surface area contributed by atoms with Crippen molar-refractivity contribution >= 4 is 17.5 Å². The van der Waals surface area contributed by atoms with Gasteiger partial charge in [-0.05, 0) is 30.7 Å². The minimum absolute atomic E-state index is 0.185. The lowest BCUT2D eigenvalue weighted by atomic mass is 10.2. The SMILES string of the molecule is COCCCNC(=O)c1cc(C(=O)Nc2ccccc2OC)ccn1. The van der Waals surface area contributed by atoms with Crippen LogP contribution < -0.4 is 15.4 Å². The number of hydrogen-bond donors (Lipinski definition) is 2. The van der Waals surface area contributed by atoms with Crippen molar-refractivity contribution < 1.29 is 19.1 Å². The molecule has 0 aliphatic rings. The van der Waals surface area contributed by atoms with Crippen LogP contribution in [0.5, 0.6) is 5.75 Å². The summed E-state index contributed by atoms with van der Waals surface area (Å²) >= 11 is 0. The van der Waals surface area contributed by atoms with Crippen LogP contribution in [0.25, 0.3) is 0 Å². The van der Waals surface area contributed by atoms with E-state index < -0.39 is 0 Å². The second-order valence-corrected chi connectivity index (χ2v) is 5.19. The average molecular weight is 343 g/mol. The van der Waals surface area contributed by atoms with Crippen molar-refractivity contribution in [3.05, 3.63) is 53.9 Å². The molecule has 0 saturated carbocycles. The molecule has 132 valence electrons. The number of nitrogens with one attached hydrogen (secondary N) is 2. The fraction of sp³-hybridized carbons (Fsp3) is 0.278. The molecule has 0 spiro atoms. The van der Waals surface area contributed by atoms with E-state index >= 15 is 0 Å². The van der Waals surface area contributed by atoms with Gasteiger partial charge in [0.1, 0.15) is 11.4 Å². The molecule has 0 radical (unpaired) electrons. The predicted octanol–water partition coefficient (Wildman–Crippen LogP) is 2.11. The normalized spacial score (nSPS) is 10.2. The maximum absolute atomic E-state index is 12.4. The molecule has 0 fully saturated rings. The van der Waals surface area contributed by atoms with Crippen LogP contribution in [0.15, 0.2) is 42.6 Å². The molecule has 0 aliphatic carbocycles. The Hall–Kier alpha value is -2.93.